The van der Waals surface area contributed by atoms with Crippen LogP contribution in [-0.4, -0.2) is 40.6 Å². The number of hydrogen-bond donors (Lipinski definition) is 2. The molecule has 2 atom stereocenters. The van der Waals surface area contributed by atoms with E-state index in [1.807, 2.05) is 19.1 Å². The monoisotopic (exact) mass is 420 g/mol. The molecule has 1 aliphatic heterocycles. The summed E-state index contributed by atoms with van der Waals surface area (Å²) in [7, 11) is 1.80. The topological polar surface area (TPSA) is 89.2 Å². The molecule has 1 aromatic carbocycles. The molecule has 1 fully saturated rings. The molecule has 2 aromatic heterocycles. The highest BCUT2D eigenvalue weighted by molar-refractivity contribution is 5.88. The lowest BCUT2D eigenvalue weighted by Gasteiger charge is -2.25. The molecule has 0 unspecified atom stereocenters. The van der Waals surface area contributed by atoms with E-state index in [0.29, 0.717) is 18.7 Å². The van der Waals surface area contributed by atoms with Crippen molar-refractivity contribution in [3.8, 4) is 22.9 Å². The lowest BCUT2D eigenvalue weighted by atomic mass is 10.0. The first-order valence-electron chi connectivity index (χ1n) is 10.5. The molecule has 160 valence electrons. The van der Waals surface area contributed by atoms with Crippen LogP contribution in [0.2, 0.25) is 0 Å². The first-order chi connectivity index (χ1) is 14.9. The molecule has 8 heteroatoms. The van der Waals surface area contributed by atoms with Gasteiger partial charge in [-0.1, -0.05) is 0 Å². The fourth-order valence-corrected chi connectivity index (χ4v) is 4.56. The zero-order chi connectivity index (χ0) is 21.7. The number of pyridine rings is 1. The van der Waals surface area contributed by atoms with Crippen molar-refractivity contribution in [2.24, 2.45) is 5.73 Å². The van der Waals surface area contributed by atoms with Crippen LogP contribution in [0.5, 0.6) is 11.8 Å². The number of ether oxygens (including phenoxy) is 1. The Morgan fingerprint density at radius 2 is 2.10 bits per heavy atom. The Balaban J connectivity index is 1.65. The van der Waals surface area contributed by atoms with Crippen LogP contribution in [0.15, 0.2) is 30.5 Å². The van der Waals surface area contributed by atoms with Crippen molar-refractivity contribution in [2.45, 2.75) is 38.8 Å². The van der Waals surface area contributed by atoms with Crippen molar-refractivity contribution in [1.29, 1.82) is 0 Å². The van der Waals surface area contributed by atoms with Crippen molar-refractivity contribution in [1.82, 2.24) is 15.0 Å². The van der Waals surface area contributed by atoms with Crippen LogP contribution >= 0.6 is 0 Å². The van der Waals surface area contributed by atoms with Gasteiger partial charge in [-0.15, -0.1) is 0 Å². The Bertz CT molecular complexity index is 1150. The molecular formula is C23H25FN6O. The second kappa shape index (κ2) is 7.46. The molecule has 1 aliphatic carbocycles. The quantitative estimate of drug-likeness (QED) is 0.521. The zero-order valence-corrected chi connectivity index (χ0v) is 17.8. The fourth-order valence-electron chi connectivity index (χ4n) is 4.56. The van der Waals surface area contributed by atoms with Gasteiger partial charge in [0.25, 0.3) is 0 Å². The number of halogens is 1. The van der Waals surface area contributed by atoms with Gasteiger partial charge in [-0.2, -0.15) is 9.97 Å². The summed E-state index contributed by atoms with van der Waals surface area (Å²) in [5.41, 5.74) is 11.4. The van der Waals surface area contributed by atoms with Gasteiger partial charge in [-0.05, 0) is 55.7 Å². The maximum Gasteiger partial charge on any atom is 0.324 e. The molecular weight excluding hydrogens is 395 g/mol. The normalized spacial score (nSPS) is 19.3. The van der Waals surface area contributed by atoms with Crippen molar-refractivity contribution in [3.05, 3.63) is 53.2 Å². The highest BCUT2D eigenvalue weighted by Crippen LogP contribution is 2.46. The largest absolute Gasteiger partial charge is 0.423 e. The van der Waals surface area contributed by atoms with Crippen LogP contribution in [0.4, 0.5) is 15.9 Å². The van der Waals surface area contributed by atoms with Crippen molar-refractivity contribution >= 4 is 11.5 Å². The van der Waals surface area contributed by atoms with Crippen molar-refractivity contribution in [2.75, 3.05) is 23.8 Å². The van der Waals surface area contributed by atoms with E-state index in [0.717, 1.165) is 46.0 Å². The van der Waals surface area contributed by atoms with E-state index in [1.165, 1.54) is 6.07 Å². The lowest BCUT2D eigenvalue weighted by molar-refractivity contribution is 0.437. The molecule has 3 N–H and O–H groups in total. The molecule has 7 nitrogen and oxygen atoms in total. The van der Waals surface area contributed by atoms with Crippen LogP contribution in [-0.2, 0) is 6.42 Å². The Labute approximate surface area is 180 Å². The smallest absolute Gasteiger partial charge is 0.324 e. The number of nitrogens with two attached hydrogens (primary N) is 1. The summed E-state index contributed by atoms with van der Waals surface area (Å²) >= 11 is 0. The second-order valence-electron chi connectivity index (χ2n) is 8.29. The van der Waals surface area contributed by atoms with E-state index in [9.17, 15) is 4.39 Å². The van der Waals surface area contributed by atoms with Crippen LogP contribution in [0.25, 0.3) is 11.1 Å². The van der Waals surface area contributed by atoms with Gasteiger partial charge in [0.1, 0.15) is 17.4 Å². The number of hydrogen-bond acceptors (Lipinski definition) is 7. The van der Waals surface area contributed by atoms with Gasteiger partial charge in [0.05, 0.1) is 11.9 Å². The summed E-state index contributed by atoms with van der Waals surface area (Å²) in [5, 5.41) is 3.11. The summed E-state index contributed by atoms with van der Waals surface area (Å²) in [4.78, 5) is 15.9. The van der Waals surface area contributed by atoms with E-state index in [4.69, 9.17) is 20.4 Å². The Kier molecular flexibility index (Phi) is 4.74. The maximum atomic E-state index is 14.4. The second-order valence-corrected chi connectivity index (χ2v) is 8.29. The molecule has 0 spiro atoms. The molecule has 1 saturated heterocycles. The SMILES string of the molecule is CNc1cc(F)cc2c1Cc1nc(Oc3ccc(C)nc3)nc(N3C[C@H](N)C[C@H]3C)c1-2. The molecule has 0 radical (unpaired) electrons. The number of nitrogens with zero attached hydrogens (tertiary/aromatic N) is 4. The molecule has 0 amide bonds. The van der Waals surface area contributed by atoms with E-state index in [2.05, 4.69) is 22.1 Å². The van der Waals surface area contributed by atoms with Crippen LogP contribution in [0, 0.1) is 12.7 Å². The Hall–Kier alpha value is -3.26. The summed E-state index contributed by atoms with van der Waals surface area (Å²) in [6, 6.07) is 7.34. The maximum absolute atomic E-state index is 14.4. The van der Waals surface area contributed by atoms with Crippen LogP contribution in [0.3, 0.4) is 0 Å². The zero-order valence-electron chi connectivity index (χ0n) is 17.8. The summed E-state index contributed by atoms with van der Waals surface area (Å²) in [5.74, 6) is 1.02. The van der Waals surface area contributed by atoms with Crippen molar-refractivity contribution < 1.29 is 9.13 Å². The number of aryl methyl sites for hydroxylation is 1. The predicted molar refractivity (Wildman–Crippen MR) is 118 cm³/mol. The van der Waals surface area contributed by atoms with E-state index in [-0.39, 0.29) is 23.9 Å². The van der Waals surface area contributed by atoms with Crippen molar-refractivity contribution in [3.63, 3.8) is 0 Å². The fraction of sp³-hybridized carbons (Fsp3) is 0.348. The summed E-state index contributed by atoms with van der Waals surface area (Å²) in [6.45, 7) is 4.73. The first kappa shape index (κ1) is 19.7. The molecule has 2 aliphatic rings. The highest BCUT2D eigenvalue weighted by Gasteiger charge is 2.35. The number of nitrogens with one attached hydrogen (secondary N) is 1. The molecule has 3 heterocycles. The number of rotatable bonds is 4. The van der Waals surface area contributed by atoms with Gasteiger partial charge in [0.15, 0.2) is 0 Å². The average Bonchev–Trinajstić information content (AvgIpc) is 3.27. The summed E-state index contributed by atoms with van der Waals surface area (Å²) in [6.07, 6.45) is 3.10. The van der Waals surface area contributed by atoms with E-state index < -0.39 is 0 Å². The van der Waals surface area contributed by atoms with E-state index >= 15 is 0 Å². The van der Waals surface area contributed by atoms with Gasteiger partial charge >= 0.3 is 6.01 Å². The van der Waals surface area contributed by atoms with Gasteiger partial charge in [0.2, 0.25) is 0 Å². The minimum Gasteiger partial charge on any atom is -0.423 e. The van der Waals surface area contributed by atoms with E-state index in [1.54, 1.807) is 19.3 Å². The summed E-state index contributed by atoms with van der Waals surface area (Å²) < 4.78 is 20.4. The lowest BCUT2D eigenvalue weighted by Crippen LogP contribution is -2.30. The van der Waals surface area contributed by atoms with Gasteiger partial charge < -0.3 is 20.7 Å². The predicted octanol–water partition coefficient (Wildman–Crippen LogP) is 3.65. The Morgan fingerprint density at radius 1 is 1.26 bits per heavy atom. The molecule has 5 rings (SSSR count). The first-order valence-corrected chi connectivity index (χ1v) is 10.5. The number of aromatic nitrogens is 3. The molecule has 0 saturated carbocycles. The van der Waals surface area contributed by atoms with Gasteiger partial charge in [-0.25, -0.2) is 4.39 Å². The third-order valence-corrected chi connectivity index (χ3v) is 6.01. The van der Waals surface area contributed by atoms with Gasteiger partial charge in [-0.3, -0.25) is 4.98 Å². The van der Waals surface area contributed by atoms with Crippen LogP contribution < -0.4 is 20.7 Å². The molecule has 31 heavy (non-hydrogen) atoms. The minimum absolute atomic E-state index is 0.0625. The van der Waals surface area contributed by atoms with Crippen LogP contribution in [0.1, 0.15) is 30.3 Å². The number of fused-ring (bicyclic) bond motifs is 3. The Morgan fingerprint density at radius 3 is 2.77 bits per heavy atom. The standard InChI is InChI=1S/C23H25FN6O/c1-12-4-5-16(10-27-12)31-23-28-20-9-17-18(7-14(24)8-19(17)26-3)21(20)22(29-23)30-11-15(25)6-13(30)2/h4-5,7-8,10,13,15,26H,6,9,11,25H2,1-3H3/t13-,15-/m1/s1. The minimum atomic E-state index is -0.292. The highest BCUT2D eigenvalue weighted by atomic mass is 19.1. The molecule has 0 bridgehead atoms. The number of anilines is 2. The molecule has 3 aromatic rings. The number of benzene rings is 1. The van der Waals surface area contributed by atoms with Gasteiger partial charge in [0, 0.05) is 49.0 Å². The average molecular weight is 420 g/mol. The third-order valence-electron chi connectivity index (χ3n) is 6.01. The third kappa shape index (κ3) is 3.46.